The van der Waals surface area contributed by atoms with Crippen LogP contribution < -0.4 is 5.73 Å². The van der Waals surface area contributed by atoms with Gasteiger partial charge in [-0.15, -0.1) is 0 Å². The number of aromatic nitrogens is 1. The number of hydrogen-bond acceptors (Lipinski definition) is 5. The van der Waals surface area contributed by atoms with E-state index in [0.29, 0.717) is 19.4 Å². The number of aliphatic hydroxyl groups is 1. The summed E-state index contributed by atoms with van der Waals surface area (Å²) in [5.41, 5.74) is 5.79. The van der Waals surface area contributed by atoms with Gasteiger partial charge in [0.25, 0.3) is 10.0 Å². The van der Waals surface area contributed by atoms with Gasteiger partial charge in [0.2, 0.25) is 0 Å². The SMILES string of the molecule is CN(CC1CC(O)C1)S(=O)(=O)c1ncccc1N. The van der Waals surface area contributed by atoms with Gasteiger partial charge in [0, 0.05) is 19.8 Å². The van der Waals surface area contributed by atoms with E-state index in [4.69, 9.17) is 5.73 Å². The molecule has 0 aliphatic heterocycles. The molecule has 0 unspecified atom stereocenters. The first-order valence-electron chi connectivity index (χ1n) is 5.76. The summed E-state index contributed by atoms with van der Waals surface area (Å²) < 4.78 is 25.7. The highest BCUT2D eigenvalue weighted by Crippen LogP contribution is 2.29. The lowest BCUT2D eigenvalue weighted by Crippen LogP contribution is -2.39. The van der Waals surface area contributed by atoms with Crippen LogP contribution in [0.25, 0.3) is 0 Å². The summed E-state index contributed by atoms with van der Waals surface area (Å²) in [6.07, 6.45) is 2.42. The molecule has 3 N–H and O–H groups in total. The molecule has 1 aliphatic carbocycles. The maximum Gasteiger partial charge on any atom is 0.262 e. The van der Waals surface area contributed by atoms with Gasteiger partial charge in [0.15, 0.2) is 5.03 Å². The fourth-order valence-corrected chi connectivity index (χ4v) is 3.34. The molecule has 1 fully saturated rings. The molecule has 0 spiro atoms. The number of sulfonamides is 1. The fraction of sp³-hybridized carbons (Fsp3) is 0.545. The number of rotatable bonds is 4. The molecule has 0 aromatic carbocycles. The summed E-state index contributed by atoms with van der Waals surface area (Å²) in [7, 11) is -2.13. The number of anilines is 1. The minimum Gasteiger partial charge on any atom is -0.396 e. The second-order valence-electron chi connectivity index (χ2n) is 4.67. The van der Waals surface area contributed by atoms with Crippen LogP contribution in [0.5, 0.6) is 0 Å². The van der Waals surface area contributed by atoms with Gasteiger partial charge in [0.1, 0.15) is 0 Å². The largest absolute Gasteiger partial charge is 0.396 e. The normalized spacial score (nSPS) is 23.9. The molecule has 2 rings (SSSR count). The van der Waals surface area contributed by atoms with E-state index < -0.39 is 10.0 Å². The highest BCUT2D eigenvalue weighted by Gasteiger charge is 2.32. The van der Waals surface area contributed by atoms with E-state index in [1.807, 2.05) is 0 Å². The highest BCUT2D eigenvalue weighted by molar-refractivity contribution is 7.89. The Morgan fingerprint density at radius 1 is 1.56 bits per heavy atom. The lowest BCUT2D eigenvalue weighted by atomic mass is 9.82. The summed E-state index contributed by atoms with van der Waals surface area (Å²) >= 11 is 0. The summed E-state index contributed by atoms with van der Waals surface area (Å²) in [6, 6.07) is 3.11. The van der Waals surface area contributed by atoms with Crippen LogP contribution >= 0.6 is 0 Å². The van der Waals surface area contributed by atoms with E-state index >= 15 is 0 Å². The number of pyridine rings is 1. The number of nitrogens with two attached hydrogens (primary N) is 1. The van der Waals surface area contributed by atoms with Crippen molar-refractivity contribution in [1.82, 2.24) is 9.29 Å². The van der Waals surface area contributed by atoms with Crippen LogP contribution in [-0.2, 0) is 10.0 Å². The van der Waals surface area contributed by atoms with Crippen molar-refractivity contribution in [3.8, 4) is 0 Å². The number of aliphatic hydroxyl groups excluding tert-OH is 1. The van der Waals surface area contributed by atoms with Crippen LogP contribution in [0.3, 0.4) is 0 Å². The van der Waals surface area contributed by atoms with Gasteiger partial charge < -0.3 is 10.8 Å². The third-order valence-electron chi connectivity index (χ3n) is 3.18. The lowest BCUT2D eigenvalue weighted by Gasteiger charge is -2.33. The van der Waals surface area contributed by atoms with Crippen LogP contribution in [0.1, 0.15) is 12.8 Å². The molecule has 0 saturated heterocycles. The molecule has 1 aliphatic rings. The second kappa shape index (κ2) is 4.83. The van der Waals surface area contributed by atoms with E-state index in [9.17, 15) is 13.5 Å². The molecule has 6 nitrogen and oxygen atoms in total. The molecule has 0 bridgehead atoms. The van der Waals surface area contributed by atoms with Crippen LogP contribution in [0, 0.1) is 5.92 Å². The predicted molar refractivity (Wildman–Crippen MR) is 67.2 cm³/mol. The van der Waals surface area contributed by atoms with E-state index in [1.165, 1.54) is 23.6 Å². The zero-order valence-corrected chi connectivity index (χ0v) is 11.0. The quantitative estimate of drug-likeness (QED) is 0.807. The van der Waals surface area contributed by atoms with Crippen molar-refractivity contribution >= 4 is 15.7 Å². The van der Waals surface area contributed by atoms with Crippen LogP contribution in [0.4, 0.5) is 5.69 Å². The minimum atomic E-state index is -3.64. The van der Waals surface area contributed by atoms with Crippen molar-refractivity contribution in [2.75, 3.05) is 19.3 Å². The Labute approximate surface area is 106 Å². The summed E-state index contributed by atoms with van der Waals surface area (Å²) in [5.74, 6) is 0.213. The molecular weight excluding hydrogens is 254 g/mol. The first kappa shape index (κ1) is 13.3. The molecule has 18 heavy (non-hydrogen) atoms. The standard InChI is InChI=1S/C11H17N3O3S/c1-14(7-8-5-9(15)6-8)18(16,17)11-10(12)3-2-4-13-11/h2-4,8-9,15H,5-7,12H2,1H3. The van der Waals surface area contributed by atoms with Gasteiger partial charge in [-0.05, 0) is 30.9 Å². The topological polar surface area (TPSA) is 96.5 Å². The van der Waals surface area contributed by atoms with Crippen molar-refractivity contribution in [2.45, 2.75) is 24.0 Å². The Kier molecular flexibility index (Phi) is 3.56. The zero-order chi connectivity index (χ0) is 13.3. The zero-order valence-electron chi connectivity index (χ0n) is 10.2. The van der Waals surface area contributed by atoms with Crippen molar-refractivity contribution in [3.05, 3.63) is 18.3 Å². The lowest BCUT2D eigenvalue weighted by molar-refractivity contribution is 0.0367. The molecule has 1 saturated carbocycles. The molecule has 1 heterocycles. The van der Waals surface area contributed by atoms with Crippen LogP contribution in [-0.4, -0.2) is 42.5 Å². The van der Waals surface area contributed by atoms with Crippen LogP contribution in [0.2, 0.25) is 0 Å². The molecule has 1 aromatic heterocycles. The molecule has 7 heteroatoms. The predicted octanol–water partition coefficient (Wildman–Crippen LogP) is 0.0552. The number of nitrogen functional groups attached to an aromatic ring is 1. The van der Waals surface area contributed by atoms with Gasteiger partial charge in [-0.3, -0.25) is 0 Å². The number of hydrogen-bond donors (Lipinski definition) is 2. The van der Waals surface area contributed by atoms with Gasteiger partial charge in [-0.1, -0.05) is 0 Å². The number of nitrogens with zero attached hydrogens (tertiary/aromatic N) is 2. The third kappa shape index (κ3) is 2.47. The highest BCUT2D eigenvalue weighted by atomic mass is 32.2. The Balaban J connectivity index is 2.13. The van der Waals surface area contributed by atoms with Crippen LogP contribution in [0.15, 0.2) is 23.4 Å². The molecule has 0 atom stereocenters. The van der Waals surface area contributed by atoms with Gasteiger partial charge >= 0.3 is 0 Å². The van der Waals surface area contributed by atoms with E-state index in [-0.39, 0.29) is 22.7 Å². The third-order valence-corrected chi connectivity index (χ3v) is 4.98. The van der Waals surface area contributed by atoms with Crippen molar-refractivity contribution in [2.24, 2.45) is 5.92 Å². The van der Waals surface area contributed by atoms with E-state index in [0.717, 1.165) is 0 Å². The average molecular weight is 271 g/mol. The van der Waals surface area contributed by atoms with E-state index in [1.54, 1.807) is 6.07 Å². The molecule has 0 radical (unpaired) electrons. The molecule has 100 valence electrons. The Bertz CT molecular complexity index is 526. The molecule has 0 amide bonds. The summed E-state index contributed by atoms with van der Waals surface area (Å²) in [6.45, 7) is 0.384. The van der Waals surface area contributed by atoms with Crippen molar-refractivity contribution in [1.29, 1.82) is 0 Å². The first-order valence-corrected chi connectivity index (χ1v) is 7.20. The Hall–Kier alpha value is -1.18. The maximum atomic E-state index is 12.2. The fourth-order valence-electron chi connectivity index (χ4n) is 2.08. The van der Waals surface area contributed by atoms with E-state index in [2.05, 4.69) is 4.98 Å². The van der Waals surface area contributed by atoms with Crippen molar-refractivity contribution < 1.29 is 13.5 Å². The molecular formula is C11H17N3O3S. The van der Waals surface area contributed by atoms with Crippen molar-refractivity contribution in [3.63, 3.8) is 0 Å². The monoisotopic (exact) mass is 271 g/mol. The maximum absolute atomic E-state index is 12.2. The first-order chi connectivity index (χ1) is 8.41. The summed E-state index contributed by atoms with van der Waals surface area (Å²) in [4.78, 5) is 3.83. The minimum absolute atomic E-state index is 0.104. The van der Waals surface area contributed by atoms with Gasteiger partial charge in [0.05, 0.1) is 11.8 Å². The Morgan fingerprint density at radius 3 is 2.78 bits per heavy atom. The second-order valence-corrected chi connectivity index (χ2v) is 6.63. The smallest absolute Gasteiger partial charge is 0.262 e. The molecule has 1 aromatic rings. The Morgan fingerprint density at radius 2 is 2.22 bits per heavy atom. The summed E-state index contributed by atoms with van der Waals surface area (Å²) in [5, 5.41) is 9.09. The van der Waals surface area contributed by atoms with Gasteiger partial charge in [-0.25, -0.2) is 13.4 Å². The van der Waals surface area contributed by atoms with Gasteiger partial charge in [-0.2, -0.15) is 4.31 Å². The average Bonchev–Trinajstić information content (AvgIpc) is 2.27.